The zero-order chi connectivity index (χ0) is 13.7. The molecule has 0 heterocycles. The van der Waals surface area contributed by atoms with Gasteiger partial charge in [0.1, 0.15) is 5.69 Å². The van der Waals surface area contributed by atoms with E-state index in [4.69, 9.17) is 5.11 Å². The van der Waals surface area contributed by atoms with Gasteiger partial charge in [-0.25, -0.2) is 0 Å². The Hall–Kier alpha value is -1.88. The number of aliphatic hydroxyl groups excluding tert-OH is 1. The second-order valence-electron chi connectivity index (χ2n) is 4.70. The molecule has 1 aliphatic rings. The summed E-state index contributed by atoms with van der Waals surface area (Å²) in [5.41, 5.74) is 2.63. The monoisotopic (exact) mass is 262 g/mol. The highest BCUT2D eigenvalue weighted by atomic mass is 16.6. The summed E-state index contributed by atoms with van der Waals surface area (Å²) in [7, 11) is 0. The smallest absolute Gasteiger partial charge is 0.292 e. The Bertz CT molecular complexity index is 497. The minimum absolute atomic E-state index is 0.0533. The van der Waals surface area contributed by atoms with Crippen LogP contribution < -0.4 is 5.32 Å². The van der Waals surface area contributed by atoms with Crippen LogP contribution in [0.15, 0.2) is 29.8 Å². The molecule has 5 heteroatoms. The zero-order valence-electron chi connectivity index (χ0n) is 10.8. The molecule has 0 amide bonds. The molecular weight excluding hydrogens is 244 g/mol. The van der Waals surface area contributed by atoms with E-state index in [1.54, 1.807) is 12.1 Å². The first-order valence-corrected chi connectivity index (χ1v) is 6.50. The van der Waals surface area contributed by atoms with Gasteiger partial charge >= 0.3 is 0 Å². The molecule has 0 fully saturated rings. The minimum Gasteiger partial charge on any atom is -0.392 e. The normalized spacial score (nSPS) is 14.3. The predicted octanol–water partition coefficient (Wildman–Crippen LogP) is 3.00. The molecule has 0 aliphatic heterocycles. The van der Waals surface area contributed by atoms with Crippen molar-refractivity contribution in [3.63, 3.8) is 0 Å². The van der Waals surface area contributed by atoms with Gasteiger partial charge in [-0.05, 0) is 43.4 Å². The lowest BCUT2D eigenvalue weighted by atomic mass is 10.1. The molecule has 2 N–H and O–H groups in total. The Morgan fingerprint density at radius 1 is 1.42 bits per heavy atom. The van der Waals surface area contributed by atoms with Crippen molar-refractivity contribution in [2.75, 3.05) is 11.9 Å². The van der Waals surface area contributed by atoms with Crippen LogP contribution in [0, 0.1) is 10.1 Å². The summed E-state index contributed by atoms with van der Waals surface area (Å²) in [5, 5.41) is 23.1. The lowest BCUT2D eigenvalue weighted by Crippen LogP contribution is -2.05. The van der Waals surface area contributed by atoms with Crippen LogP contribution in [0.4, 0.5) is 11.4 Å². The zero-order valence-corrected chi connectivity index (χ0v) is 10.8. The number of nitrogens with zero attached hydrogens (tertiary/aromatic N) is 1. The van der Waals surface area contributed by atoms with Gasteiger partial charge in [-0.2, -0.15) is 0 Å². The van der Waals surface area contributed by atoms with Gasteiger partial charge in [-0.1, -0.05) is 11.6 Å². The predicted molar refractivity (Wildman–Crippen MR) is 74.1 cm³/mol. The van der Waals surface area contributed by atoms with Gasteiger partial charge in [0.2, 0.25) is 0 Å². The maximum atomic E-state index is 10.9. The topological polar surface area (TPSA) is 75.4 Å². The Morgan fingerprint density at radius 2 is 2.26 bits per heavy atom. The summed E-state index contributed by atoms with van der Waals surface area (Å²) >= 11 is 0. The molecule has 2 rings (SSSR count). The summed E-state index contributed by atoms with van der Waals surface area (Å²) in [6.07, 6.45) is 6.67. The van der Waals surface area contributed by atoms with Crippen molar-refractivity contribution in [2.24, 2.45) is 0 Å². The third-order valence-electron chi connectivity index (χ3n) is 3.34. The number of allylic oxidation sites excluding steroid dienone is 1. The number of nitro groups is 1. The van der Waals surface area contributed by atoms with Gasteiger partial charge in [0.25, 0.3) is 5.69 Å². The quantitative estimate of drug-likeness (QED) is 0.469. The summed E-state index contributed by atoms with van der Waals surface area (Å²) < 4.78 is 0. The number of aliphatic hydroxyl groups is 1. The van der Waals surface area contributed by atoms with Crippen molar-refractivity contribution in [2.45, 2.75) is 32.3 Å². The van der Waals surface area contributed by atoms with E-state index >= 15 is 0 Å². The highest BCUT2D eigenvalue weighted by Gasteiger charge is 2.14. The van der Waals surface area contributed by atoms with Crippen LogP contribution in [0.3, 0.4) is 0 Å². The van der Waals surface area contributed by atoms with E-state index in [1.807, 2.05) is 0 Å². The van der Waals surface area contributed by atoms with Crippen LogP contribution in [-0.4, -0.2) is 16.6 Å². The molecule has 19 heavy (non-hydrogen) atoms. The second kappa shape index (κ2) is 6.33. The largest absolute Gasteiger partial charge is 0.392 e. The number of nitrogens with one attached hydrogen (secondary N) is 1. The maximum absolute atomic E-state index is 10.9. The Kier molecular flexibility index (Phi) is 4.52. The average Bonchev–Trinajstić information content (AvgIpc) is 2.91. The van der Waals surface area contributed by atoms with Gasteiger partial charge < -0.3 is 10.4 Å². The van der Waals surface area contributed by atoms with E-state index in [0.29, 0.717) is 17.8 Å². The number of rotatable bonds is 6. The van der Waals surface area contributed by atoms with Crippen molar-refractivity contribution < 1.29 is 10.0 Å². The van der Waals surface area contributed by atoms with E-state index in [-0.39, 0.29) is 12.3 Å². The van der Waals surface area contributed by atoms with Crippen LogP contribution in [0.1, 0.15) is 31.2 Å². The van der Waals surface area contributed by atoms with Gasteiger partial charge in [0.05, 0.1) is 11.5 Å². The third kappa shape index (κ3) is 3.54. The van der Waals surface area contributed by atoms with E-state index in [9.17, 15) is 10.1 Å². The molecule has 1 aromatic carbocycles. The lowest BCUT2D eigenvalue weighted by Gasteiger charge is -2.09. The standard InChI is InChI=1S/C14H18N2O3/c17-10-12-5-6-14(16(18)19)13(9-12)15-8-7-11-3-1-2-4-11/h3,5-6,9,15,17H,1-2,4,7-8,10H2. The summed E-state index contributed by atoms with van der Waals surface area (Å²) in [4.78, 5) is 10.5. The van der Waals surface area contributed by atoms with Crippen molar-refractivity contribution >= 4 is 11.4 Å². The Labute approximate surface area is 112 Å². The molecule has 102 valence electrons. The van der Waals surface area contributed by atoms with Crippen LogP contribution in [0.5, 0.6) is 0 Å². The van der Waals surface area contributed by atoms with E-state index in [2.05, 4.69) is 11.4 Å². The van der Waals surface area contributed by atoms with Gasteiger partial charge in [0.15, 0.2) is 0 Å². The molecule has 0 spiro atoms. The van der Waals surface area contributed by atoms with Crippen molar-refractivity contribution in [1.82, 2.24) is 0 Å². The van der Waals surface area contributed by atoms with Crippen LogP contribution in [0.25, 0.3) is 0 Å². The molecule has 1 aliphatic carbocycles. The molecule has 5 nitrogen and oxygen atoms in total. The highest BCUT2D eigenvalue weighted by molar-refractivity contribution is 5.62. The first kappa shape index (κ1) is 13.5. The van der Waals surface area contributed by atoms with E-state index < -0.39 is 4.92 Å². The number of hydrogen-bond acceptors (Lipinski definition) is 4. The van der Waals surface area contributed by atoms with E-state index in [1.165, 1.54) is 18.1 Å². The third-order valence-corrected chi connectivity index (χ3v) is 3.34. The fraction of sp³-hybridized carbons (Fsp3) is 0.429. The maximum Gasteiger partial charge on any atom is 0.292 e. The SMILES string of the molecule is O=[N+]([O-])c1ccc(CO)cc1NCCC1=CCCC1. The van der Waals surface area contributed by atoms with Crippen LogP contribution >= 0.6 is 0 Å². The van der Waals surface area contributed by atoms with Crippen molar-refractivity contribution in [1.29, 1.82) is 0 Å². The van der Waals surface area contributed by atoms with Crippen LogP contribution in [-0.2, 0) is 6.61 Å². The molecule has 0 bridgehead atoms. The van der Waals surface area contributed by atoms with Gasteiger partial charge in [-0.15, -0.1) is 0 Å². The fourth-order valence-corrected chi connectivity index (χ4v) is 2.30. The second-order valence-corrected chi connectivity index (χ2v) is 4.70. The number of hydrogen-bond donors (Lipinski definition) is 2. The molecule has 0 saturated heterocycles. The molecule has 0 saturated carbocycles. The highest BCUT2D eigenvalue weighted by Crippen LogP contribution is 2.26. The molecular formula is C14H18N2O3. The number of nitro benzene ring substituents is 1. The number of anilines is 1. The first-order valence-electron chi connectivity index (χ1n) is 6.50. The summed E-state index contributed by atoms with van der Waals surface area (Å²) in [6, 6.07) is 4.65. The molecule has 0 atom stereocenters. The first-order chi connectivity index (χ1) is 9.20. The van der Waals surface area contributed by atoms with Crippen molar-refractivity contribution in [3.8, 4) is 0 Å². The fourth-order valence-electron chi connectivity index (χ4n) is 2.30. The molecule has 1 aromatic rings. The summed E-state index contributed by atoms with van der Waals surface area (Å²) in [6.45, 7) is 0.569. The lowest BCUT2D eigenvalue weighted by molar-refractivity contribution is -0.384. The van der Waals surface area contributed by atoms with E-state index in [0.717, 1.165) is 19.3 Å². The summed E-state index contributed by atoms with van der Waals surface area (Å²) in [5.74, 6) is 0. The van der Waals surface area contributed by atoms with Gasteiger partial charge in [-0.3, -0.25) is 10.1 Å². The van der Waals surface area contributed by atoms with Crippen molar-refractivity contribution in [3.05, 3.63) is 45.5 Å². The molecule has 0 unspecified atom stereocenters. The minimum atomic E-state index is -0.404. The Balaban J connectivity index is 2.02. The molecule has 0 radical (unpaired) electrons. The average molecular weight is 262 g/mol. The molecule has 0 aromatic heterocycles. The van der Waals surface area contributed by atoms with Gasteiger partial charge in [0, 0.05) is 12.6 Å². The van der Waals surface area contributed by atoms with Crippen LogP contribution in [0.2, 0.25) is 0 Å². The Morgan fingerprint density at radius 3 is 2.89 bits per heavy atom. The number of benzene rings is 1.